The van der Waals surface area contributed by atoms with Gasteiger partial charge in [0, 0.05) is 34.1 Å². The maximum atomic E-state index is 12.5. The average Bonchev–Trinajstić information content (AvgIpc) is 2.46. The summed E-state index contributed by atoms with van der Waals surface area (Å²) in [6, 6.07) is 13.1. The molecule has 1 aromatic carbocycles. The number of benzene rings is 1. The number of carbonyl (C=O) groups excluding carboxylic acids is 1. The van der Waals surface area contributed by atoms with Crippen LogP contribution in [0.25, 0.3) is 10.9 Å². The molecule has 3 rings (SSSR count). The molecule has 3 aromatic rings. The summed E-state index contributed by atoms with van der Waals surface area (Å²) in [5.74, 6) is 0.0120. The molecule has 0 saturated heterocycles. The van der Waals surface area contributed by atoms with Crippen molar-refractivity contribution in [2.75, 3.05) is 0 Å². The van der Waals surface area contributed by atoms with Crippen LogP contribution in [0.3, 0.4) is 0 Å². The van der Waals surface area contributed by atoms with Crippen molar-refractivity contribution in [3.63, 3.8) is 0 Å². The van der Waals surface area contributed by atoms with E-state index >= 15 is 0 Å². The first-order chi connectivity index (χ1) is 9.63. The minimum absolute atomic E-state index is 0.0120. The van der Waals surface area contributed by atoms with Crippen LogP contribution in [0, 0.1) is 13.8 Å². The fourth-order valence-electron chi connectivity index (χ4n) is 2.22. The topological polar surface area (TPSA) is 42.9 Å². The highest BCUT2D eigenvalue weighted by atomic mass is 16.1. The van der Waals surface area contributed by atoms with Crippen LogP contribution in [0.2, 0.25) is 0 Å². The maximum Gasteiger partial charge on any atom is 0.193 e. The van der Waals surface area contributed by atoms with E-state index < -0.39 is 0 Å². The number of hydrogen-bond donors (Lipinski definition) is 0. The number of rotatable bonds is 2. The zero-order chi connectivity index (χ0) is 14.1. The van der Waals surface area contributed by atoms with E-state index in [0.717, 1.165) is 22.3 Å². The van der Waals surface area contributed by atoms with E-state index in [9.17, 15) is 4.79 Å². The van der Waals surface area contributed by atoms with Gasteiger partial charge in [-0.2, -0.15) is 0 Å². The van der Waals surface area contributed by atoms with Crippen LogP contribution in [0.1, 0.15) is 27.3 Å². The highest BCUT2D eigenvalue weighted by molar-refractivity contribution is 6.10. The van der Waals surface area contributed by atoms with Crippen LogP contribution in [0.4, 0.5) is 0 Å². The molecule has 0 radical (unpaired) electrons. The SMILES string of the molecule is Cc1cc(C(=O)c2ccc3nc(C)ccc3c2)ccn1. The first-order valence-electron chi connectivity index (χ1n) is 6.48. The van der Waals surface area contributed by atoms with Gasteiger partial charge >= 0.3 is 0 Å². The summed E-state index contributed by atoms with van der Waals surface area (Å²) >= 11 is 0. The Morgan fingerprint density at radius 3 is 2.50 bits per heavy atom. The lowest BCUT2D eigenvalue weighted by Crippen LogP contribution is -2.02. The molecule has 0 aliphatic heterocycles. The zero-order valence-electron chi connectivity index (χ0n) is 11.4. The second-order valence-electron chi connectivity index (χ2n) is 4.88. The van der Waals surface area contributed by atoms with Crippen molar-refractivity contribution in [1.29, 1.82) is 0 Å². The normalized spacial score (nSPS) is 10.7. The molecule has 3 nitrogen and oxygen atoms in total. The molecule has 0 aliphatic carbocycles. The van der Waals surface area contributed by atoms with E-state index in [1.165, 1.54) is 0 Å². The first-order valence-corrected chi connectivity index (χ1v) is 6.48. The van der Waals surface area contributed by atoms with E-state index in [-0.39, 0.29) is 5.78 Å². The fraction of sp³-hybridized carbons (Fsp3) is 0.118. The molecule has 98 valence electrons. The molecule has 2 aromatic heterocycles. The molecule has 0 fully saturated rings. The summed E-state index contributed by atoms with van der Waals surface area (Å²) in [6.45, 7) is 3.84. The van der Waals surface area contributed by atoms with Gasteiger partial charge in [-0.1, -0.05) is 6.07 Å². The molecule has 0 N–H and O–H groups in total. The molecule has 0 spiro atoms. The molecule has 0 bridgehead atoms. The number of ketones is 1. The van der Waals surface area contributed by atoms with Gasteiger partial charge in [0.2, 0.25) is 0 Å². The lowest BCUT2D eigenvalue weighted by Gasteiger charge is -2.04. The van der Waals surface area contributed by atoms with E-state index in [2.05, 4.69) is 9.97 Å². The van der Waals surface area contributed by atoms with Crippen LogP contribution < -0.4 is 0 Å². The van der Waals surface area contributed by atoms with Crippen LogP contribution in [0.15, 0.2) is 48.7 Å². The molecule has 3 heteroatoms. The number of hydrogen-bond acceptors (Lipinski definition) is 3. The maximum absolute atomic E-state index is 12.5. The lowest BCUT2D eigenvalue weighted by atomic mass is 10.0. The molecule has 2 heterocycles. The predicted molar refractivity (Wildman–Crippen MR) is 78.9 cm³/mol. The summed E-state index contributed by atoms with van der Waals surface area (Å²) in [5.41, 5.74) is 4.06. The molecule has 0 unspecified atom stereocenters. The molecule has 20 heavy (non-hydrogen) atoms. The molecular weight excluding hydrogens is 248 g/mol. The number of aromatic nitrogens is 2. The van der Waals surface area contributed by atoms with Gasteiger partial charge in [0.1, 0.15) is 0 Å². The minimum Gasteiger partial charge on any atom is -0.289 e. The van der Waals surface area contributed by atoms with Crippen molar-refractivity contribution in [3.8, 4) is 0 Å². The van der Waals surface area contributed by atoms with Crippen molar-refractivity contribution in [3.05, 3.63) is 71.2 Å². The Hall–Kier alpha value is -2.55. The van der Waals surface area contributed by atoms with Crippen molar-refractivity contribution < 1.29 is 4.79 Å². The second-order valence-corrected chi connectivity index (χ2v) is 4.88. The number of pyridine rings is 2. The third-order valence-electron chi connectivity index (χ3n) is 3.25. The quantitative estimate of drug-likeness (QED) is 0.664. The van der Waals surface area contributed by atoms with Gasteiger partial charge in [0.05, 0.1) is 5.52 Å². The highest BCUT2D eigenvalue weighted by Gasteiger charge is 2.10. The van der Waals surface area contributed by atoms with E-state index in [1.54, 1.807) is 18.3 Å². The van der Waals surface area contributed by atoms with E-state index in [4.69, 9.17) is 0 Å². The van der Waals surface area contributed by atoms with E-state index in [1.807, 2.05) is 44.2 Å². The van der Waals surface area contributed by atoms with Crippen molar-refractivity contribution >= 4 is 16.7 Å². The van der Waals surface area contributed by atoms with E-state index in [0.29, 0.717) is 11.1 Å². The van der Waals surface area contributed by atoms with Crippen molar-refractivity contribution in [2.45, 2.75) is 13.8 Å². The van der Waals surface area contributed by atoms with Crippen LogP contribution in [-0.4, -0.2) is 15.8 Å². The minimum atomic E-state index is 0.0120. The van der Waals surface area contributed by atoms with Gasteiger partial charge in [-0.25, -0.2) is 0 Å². The predicted octanol–water partition coefficient (Wildman–Crippen LogP) is 3.48. The Labute approximate surface area is 117 Å². The number of nitrogens with zero attached hydrogens (tertiary/aromatic N) is 2. The summed E-state index contributed by atoms with van der Waals surface area (Å²) in [5, 5.41) is 0.979. The monoisotopic (exact) mass is 262 g/mol. The summed E-state index contributed by atoms with van der Waals surface area (Å²) in [7, 11) is 0. The third-order valence-corrected chi connectivity index (χ3v) is 3.25. The number of carbonyl (C=O) groups is 1. The molecular formula is C17H14N2O. The van der Waals surface area contributed by atoms with Crippen molar-refractivity contribution in [1.82, 2.24) is 9.97 Å². The van der Waals surface area contributed by atoms with Gasteiger partial charge in [-0.15, -0.1) is 0 Å². The smallest absolute Gasteiger partial charge is 0.193 e. The molecule has 0 amide bonds. The molecule has 0 saturated carbocycles. The second kappa shape index (κ2) is 4.85. The van der Waals surface area contributed by atoms with Gasteiger partial charge in [-0.05, 0) is 50.2 Å². The Morgan fingerprint density at radius 2 is 1.70 bits per heavy atom. The largest absolute Gasteiger partial charge is 0.289 e. The fourth-order valence-corrected chi connectivity index (χ4v) is 2.22. The van der Waals surface area contributed by atoms with Crippen molar-refractivity contribution in [2.24, 2.45) is 0 Å². The van der Waals surface area contributed by atoms with Gasteiger partial charge < -0.3 is 0 Å². The average molecular weight is 262 g/mol. The zero-order valence-corrected chi connectivity index (χ0v) is 11.4. The Kier molecular flexibility index (Phi) is 3.03. The van der Waals surface area contributed by atoms with Crippen LogP contribution in [0.5, 0.6) is 0 Å². The Balaban J connectivity index is 2.06. The standard InChI is InChI=1S/C17H14N2O/c1-11-3-4-13-10-14(5-6-16(13)19-11)17(20)15-7-8-18-12(2)9-15/h3-10H,1-2H3. The Bertz CT molecular complexity index is 809. The first kappa shape index (κ1) is 12.5. The Morgan fingerprint density at radius 1 is 0.900 bits per heavy atom. The summed E-state index contributed by atoms with van der Waals surface area (Å²) < 4.78 is 0. The van der Waals surface area contributed by atoms with Gasteiger partial charge in [0.25, 0.3) is 0 Å². The van der Waals surface area contributed by atoms with Gasteiger partial charge in [-0.3, -0.25) is 14.8 Å². The summed E-state index contributed by atoms with van der Waals surface area (Å²) in [4.78, 5) is 21.0. The third kappa shape index (κ3) is 2.30. The number of aryl methyl sites for hydroxylation is 2. The number of fused-ring (bicyclic) bond motifs is 1. The highest BCUT2D eigenvalue weighted by Crippen LogP contribution is 2.17. The molecule has 0 atom stereocenters. The molecule has 0 aliphatic rings. The van der Waals surface area contributed by atoms with Crippen LogP contribution in [-0.2, 0) is 0 Å². The van der Waals surface area contributed by atoms with Crippen LogP contribution >= 0.6 is 0 Å². The van der Waals surface area contributed by atoms with Gasteiger partial charge in [0.15, 0.2) is 5.78 Å². The lowest BCUT2D eigenvalue weighted by molar-refractivity contribution is 0.103. The summed E-state index contributed by atoms with van der Waals surface area (Å²) in [6.07, 6.45) is 1.66.